The maximum Gasteiger partial charge on any atom is 0.266 e. The summed E-state index contributed by atoms with van der Waals surface area (Å²) in [5, 5.41) is 12.8. The van der Waals surface area contributed by atoms with Crippen LogP contribution >= 0.6 is 11.6 Å². The molecular weight excluding hydrogens is 386 g/mol. The minimum Gasteiger partial charge on any atom is -0.496 e. The third-order valence-electron chi connectivity index (χ3n) is 5.12. The van der Waals surface area contributed by atoms with Crippen molar-refractivity contribution >= 4 is 35.0 Å². The molecule has 0 unspecified atom stereocenters. The van der Waals surface area contributed by atoms with Crippen molar-refractivity contribution in [2.24, 2.45) is 0 Å². The van der Waals surface area contributed by atoms with E-state index in [1.54, 1.807) is 31.4 Å². The van der Waals surface area contributed by atoms with Crippen LogP contribution in [0, 0.1) is 18.3 Å². The fraction of sp³-hybridized carbons (Fsp3) is 0.304. The van der Waals surface area contributed by atoms with Gasteiger partial charge in [0.25, 0.3) is 5.91 Å². The number of rotatable bonds is 5. The van der Waals surface area contributed by atoms with Crippen molar-refractivity contribution in [3.8, 4) is 11.8 Å². The second-order valence-electron chi connectivity index (χ2n) is 7.01. The summed E-state index contributed by atoms with van der Waals surface area (Å²) >= 11 is 6.11. The van der Waals surface area contributed by atoms with Gasteiger partial charge < -0.3 is 15.0 Å². The molecule has 1 amide bonds. The van der Waals surface area contributed by atoms with Gasteiger partial charge in [-0.05, 0) is 62.1 Å². The molecule has 0 atom stereocenters. The van der Waals surface area contributed by atoms with Crippen molar-refractivity contribution < 1.29 is 9.53 Å². The van der Waals surface area contributed by atoms with Crippen LogP contribution in [0.15, 0.2) is 42.0 Å². The van der Waals surface area contributed by atoms with E-state index in [4.69, 9.17) is 16.3 Å². The van der Waals surface area contributed by atoms with Crippen LogP contribution in [0.5, 0.6) is 5.75 Å². The number of benzene rings is 2. The van der Waals surface area contributed by atoms with Crippen LogP contribution in [0.3, 0.4) is 0 Å². The molecule has 1 aliphatic heterocycles. The predicted molar refractivity (Wildman–Crippen MR) is 117 cm³/mol. The summed E-state index contributed by atoms with van der Waals surface area (Å²) in [5.41, 5.74) is 3.10. The van der Waals surface area contributed by atoms with Crippen LogP contribution in [0.2, 0.25) is 5.02 Å². The number of hydrogen-bond donors (Lipinski definition) is 1. The van der Waals surface area contributed by atoms with Gasteiger partial charge in [0.05, 0.1) is 7.11 Å². The summed E-state index contributed by atoms with van der Waals surface area (Å²) in [5.74, 6) is 0.146. The predicted octanol–water partition coefficient (Wildman–Crippen LogP) is 5.19. The van der Waals surface area contributed by atoms with E-state index in [0.717, 1.165) is 24.3 Å². The standard InChI is InChI=1S/C23H24ClN3O2/c1-16-20(24)7-6-8-21(16)26-23(28)18(15-25)13-17-9-10-19(14-22(17)29-2)27-11-4-3-5-12-27/h6-10,13-14H,3-5,11-12H2,1-2H3,(H,26,28)/b18-13-. The fourth-order valence-electron chi connectivity index (χ4n) is 3.40. The molecule has 5 nitrogen and oxygen atoms in total. The lowest BCUT2D eigenvalue weighted by Crippen LogP contribution is -2.29. The molecule has 3 rings (SSSR count). The molecular formula is C23H24ClN3O2. The Morgan fingerprint density at radius 1 is 1.24 bits per heavy atom. The third-order valence-corrected chi connectivity index (χ3v) is 5.53. The van der Waals surface area contributed by atoms with Gasteiger partial charge in [-0.25, -0.2) is 0 Å². The second-order valence-corrected chi connectivity index (χ2v) is 7.42. The Morgan fingerprint density at radius 3 is 2.69 bits per heavy atom. The number of carbonyl (C=O) groups excluding carboxylic acids is 1. The number of ether oxygens (including phenoxy) is 1. The summed E-state index contributed by atoms with van der Waals surface area (Å²) in [6.45, 7) is 3.88. The number of nitriles is 1. The summed E-state index contributed by atoms with van der Waals surface area (Å²) in [6.07, 6.45) is 5.19. The highest BCUT2D eigenvalue weighted by Gasteiger charge is 2.15. The summed E-state index contributed by atoms with van der Waals surface area (Å²) in [7, 11) is 1.59. The van der Waals surface area contributed by atoms with Crippen LogP contribution in [-0.4, -0.2) is 26.1 Å². The molecule has 0 aliphatic carbocycles. The van der Waals surface area contributed by atoms with E-state index in [-0.39, 0.29) is 5.57 Å². The first kappa shape index (κ1) is 20.8. The van der Waals surface area contributed by atoms with Crippen LogP contribution in [0.1, 0.15) is 30.4 Å². The average molecular weight is 410 g/mol. The molecule has 29 heavy (non-hydrogen) atoms. The zero-order chi connectivity index (χ0) is 20.8. The van der Waals surface area contributed by atoms with E-state index in [9.17, 15) is 10.1 Å². The Morgan fingerprint density at radius 2 is 2.00 bits per heavy atom. The van der Waals surface area contributed by atoms with E-state index in [0.29, 0.717) is 22.0 Å². The van der Waals surface area contributed by atoms with E-state index in [2.05, 4.69) is 10.2 Å². The topological polar surface area (TPSA) is 65.4 Å². The molecule has 1 saturated heterocycles. The van der Waals surface area contributed by atoms with E-state index in [1.165, 1.54) is 19.3 Å². The van der Waals surface area contributed by atoms with E-state index in [1.807, 2.05) is 31.2 Å². The fourth-order valence-corrected chi connectivity index (χ4v) is 3.58. The van der Waals surface area contributed by atoms with Gasteiger partial charge in [-0.1, -0.05) is 17.7 Å². The molecule has 150 valence electrons. The van der Waals surface area contributed by atoms with Gasteiger partial charge in [-0.2, -0.15) is 5.26 Å². The number of amides is 1. The van der Waals surface area contributed by atoms with Crippen molar-refractivity contribution in [3.05, 3.63) is 58.1 Å². The van der Waals surface area contributed by atoms with Gasteiger partial charge in [0.1, 0.15) is 17.4 Å². The molecule has 1 N–H and O–H groups in total. The Hall–Kier alpha value is -2.97. The zero-order valence-electron chi connectivity index (χ0n) is 16.7. The average Bonchev–Trinajstić information content (AvgIpc) is 2.75. The Labute approximate surface area is 176 Å². The number of nitrogens with one attached hydrogen (secondary N) is 1. The molecule has 1 aliphatic rings. The second kappa shape index (κ2) is 9.49. The summed E-state index contributed by atoms with van der Waals surface area (Å²) < 4.78 is 5.53. The van der Waals surface area contributed by atoms with Crippen LogP contribution in [-0.2, 0) is 4.79 Å². The molecule has 0 bridgehead atoms. The molecule has 6 heteroatoms. The number of piperidine rings is 1. The number of halogens is 1. The number of hydrogen-bond acceptors (Lipinski definition) is 4. The van der Waals surface area contributed by atoms with Crippen molar-refractivity contribution in [1.82, 2.24) is 0 Å². The highest BCUT2D eigenvalue weighted by molar-refractivity contribution is 6.31. The summed E-state index contributed by atoms with van der Waals surface area (Å²) in [4.78, 5) is 15.0. The van der Waals surface area contributed by atoms with Gasteiger partial charge >= 0.3 is 0 Å². The molecule has 2 aromatic rings. The van der Waals surface area contributed by atoms with Crippen LogP contribution in [0.25, 0.3) is 6.08 Å². The van der Waals surface area contributed by atoms with Gasteiger partial charge in [0.2, 0.25) is 0 Å². The monoisotopic (exact) mass is 409 g/mol. The van der Waals surface area contributed by atoms with Crippen LogP contribution < -0.4 is 15.0 Å². The zero-order valence-corrected chi connectivity index (χ0v) is 17.4. The van der Waals surface area contributed by atoms with Crippen molar-refractivity contribution in [2.45, 2.75) is 26.2 Å². The van der Waals surface area contributed by atoms with Gasteiger partial charge in [0, 0.05) is 41.1 Å². The van der Waals surface area contributed by atoms with E-state index >= 15 is 0 Å². The molecule has 1 fully saturated rings. The minimum absolute atomic E-state index is 0.00611. The van der Waals surface area contributed by atoms with Gasteiger partial charge in [0.15, 0.2) is 0 Å². The minimum atomic E-state index is -0.486. The maximum atomic E-state index is 12.6. The quantitative estimate of drug-likeness (QED) is 0.545. The SMILES string of the molecule is COc1cc(N2CCCCC2)ccc1/C=C(/C#N)C(=O)Nc1cccc(Cl)c1C. The first-order valence-corrected chi connectivity index (χ1v) is 10.0. The van der Waals surface area contributed by atoms with Crippen LogP contribution in [0.4, 0.5) is 11.4 Å². The Balaban J connectivity index is 1.85. The molecule has 1 heterocycles. The van der Waals surface area contributed by atoms with Gasteiger partial charge in [-0.15, -0.1) is 0 Å². The first-order chi connectivity index (χ1) is 14.0. The highest BCUT2D eigenvalue weighted by Crippen LogP contribution is 2.29. The largest absolute Gasteiger partial charge is 0.496 e. The number of carbonyl (C=O) groups is 1. The number of methoxy groups -OCH3 is 1. The molecule has 2 aromatic carbocycles. The van der Waals surface area contributed by atoms with Crippen molar-refractivity contribution in [1.29, 1.82) is 5.26 Å². The molecule has 0 aromatic heterocycles. The first-order valence-electron chi connectivity index (χ1n) is 9.64. The number of nitrogens with zero attached hydrogens (tertiary/aromatic N) is 2. The Bertz CT molecular complexity index is 973. The normalized spacial score (nSPS) is 14.3. The van der Waals surface area contributed by atoms with E-state index < -0.39 is 5.91 Å². The molecule has 0 radical (unpaired) electrons. The van der Waals surface area contributed by atoms with Crippen molar-refractivity contribution in [3.63, 3.8) is 0 Å². The third kappa shape index (κ3) is 4.90. The smallest absolute Gasteiger partial charge is 0.266 e. The Kier molecular flexibility index (Phi) is 6.79. The molecule has 0 spiro atoms. The lowest BCUT2D eigenvalue weighted by molar-refractivity contribution is -0.112. The van der Waals surface area contributed by atoms with Gasteiger partial charge in [-0.3, -0.25) is 4.79 Å². The summed E-state index contributed by atoms with van der Waals surface area (Å²) in [6, 6.07) is 13.1. The number of anilines is 2. The lowest BCUT2D eigenvalue weighted by Gasteiger charge is -2.29. The molecule has 0 saturated carbocycles. The highest BCUT2D eigenvalue weighted by atomic mass is 35.5. The lowest BCUT2D eigenvalue weighted by atomic mass is 10.1. The van der Waals surface area contributed by atoms with Crippen molar-refractivity contribution in [2.75, 3.05) is 30.4 Å². The maximum absolute atomic E-state index is 12.6.